The number of allylic oxidation sites excluding steroid dienone is 1. The van der Waals surface area contributed by atoms with E-state index in [4.69, 9.17) is 4.74 Å². The van der Waals surface area contributed by atoms with Gasteiger partial charge in [0.05, 0.1) is 0 Å². The number of hydrogen-bond donors (Lipinski definition) is 0. The fraction of sp³-hybridized carbons (Fsp3) is 0.714. The SMILES string of the molecule is CC(=O)OC[C@@]12C=CC(=O)C[C@@H]1N1CCC[C@H]1C2. The molecule has 0 aromatic carbocycles. The maximum absolute atomic E-state index is 11.7. The number of rotatable bonds is 2. The Hall–Kier alpha value is -1.16. The summed E-state index contributed by atoms with van der Waals surface area (Å²) < 4.78 is 5.26. The Morgan fingerprint density at radius 3 is 3.22 bits per heavy atom. The molecule has 4 nitrogen and oxygen atoms in total. The molecule has 3 aliphatic rings. The summed E-state index contributed by atoms with van der Waals surface area (Å²) in [4.78, 5) is 25.2. The summed E-state index contributed by atoms with van der Waals surface area (Å²) in [6.45, 7) is 2.95. The average Bonchev–Trinajstić information content (AvgIpc) is 2.86. The lowest BCUT2D eigenvalue weighted by molar-refractivity contribution is -0.144. The predicted molar refractivity (Wildman–Crippen MR) is 66.0 cm³/mol. The van der Waals surface area contributed by atoms with Crippen LogP contribution in [0.4, 0.5) is 0 Å². The van der Waals surface area contributed by atoms with Gasteiger partial charge >= 0.3 is 5.97 Å². The molecule has 0 bridgehead atoms. The number of ketones is 1. The van der Waals surface area contributed by atoms with Crippen LogP contribution in [0.2, 0.25) is 0 Å². The van der Waals surface area contributed by atoms with Gasteiger partial charge in [0.25, 0.3) is 0 Å². The highest BCUT2D eigenvalue weighted by atomic mass is 16.5. The zero-order valence-corrected chi connectivity index (χ0v) is 10.7. The third-order valence-electron chi connectivity index (χ3n) is 4.64. The van der Waals surface area contributed by atoms with Gasteiger partial charge in [0, 0.05) is 30.8 Å². The van der Waals surface area contributed by atoms with Crippen LogP contribution < -0.4 is 0 Å². The van der Waals surface area contributed by atoms with Gasteiger partial charge in [-0.2, -0.15) is 0 Å². The summed E-state index contributed by atoms with van der Waals surface area (Å²) >= 11 is 0. The van der Waals surface area contributed by atoms with E-state index in [1.54, 1.807) is 6.08 Å². The van der Waals surface area contributed by atoms with E-state index < -0.39 is 0 Å². The highest BCUT2D eigenvalue weighted by Crippen LogP contribution is 2.49. The molecule has 0 spiro atoms. The van der Waals surface area contributed by atoms with Gasteiger partial charge in [0.2, 0.25) is 0 Å². The van der Waals surface area contributed by atoms with Gasteiger partial charge < -0.3 is 4.74 Å². The first kappa shape index (κ1) is 11.9. The number of carbonyl (C=O) groups is 2. The van der Waals surface area contributed by atoms with Gasteiger partial charge in [-0.05, 0) is 31.9 Å². The molecule has 4 heteroatoms. The molecule has 0 aromatic rings. The van der Waals surface area contributed by atoms with Crippen molar-refractivity contribution < 1.29 is 14.3 Å². The van der Waals surface area contributed by atoms with E-state index in [-0.39, 0.29) is 23.2 Å². The molecule has 0 radical (unpaired) electrons. The van der Waals surface area contributed by atoms with Crippen molar-refractivity contribution in [2.45, 2.75) is 44.7 Å². The van der Waals surface area contributed by atoms with Gasteiger partial charge in [-0.15, -0.1) is 0 Å². The lowest BCUT2D eigenvalue weighted by Crippen LogP contribution is -2.45. The normalized spacial score (nSPS) is 38.6. The molecule has 0 unspecified atom stereocenters. The number of esters is 1. The van der Waals surface area contributed by atoms with Gasteiger partial charge in [0.15, 0.2) is 5.78 Å². The number of fused-ring (bicyclic) bond motifs is 3. The molecule has 1 aliphatic carbocycles. The van der Waals surface area contributed by atoms with E-state index in [1.807, 2.05) is 6.08 Å². The molecule has 2 saturated heterocycles. The molecule has 2 heterocycles. The number of hydrogen-bond acceptors (Lipinski definition) is 4. The van der Waals surface area contributed by atoms with Gasteiger partial charge in [-0.25, -0.2) is 0 Å². The molecule has 0 saturated carbocycles. The summed E-state index contributed by atoms with van der Waals surface area (Å²) in [6, 6.07) is 0.808. The number of carbonyl (C=O) groups excluding carboxylic acids is 2. The molecule has 0 N–H and O–H groups in total. The smallest absolute Gasteiger partial charge is 0.302 e. The van der Waals surface area contributed by atoms with Crippen LogP contribution in [0.15, 0.2) is 12.2 Å². The monoisotopic (exact) mass is 249 g/mol. The average molecular weight is 249 g/mol. The highest BCUT2D eigenvalue weighted by molar-refractivity contribution is 5.91. The quantitative estimate of drug-likeness (QED) is 0.692. The van der Waals surface area contributed by atoms with Crippen molar-refractivity contribution in [1.29, 1.82) is 0 Å². The second-order valence-electron chi connectivity index (χ2n) is 5.77. The Morgan fingerprint density at radius 2 is 2.44 bits per heavy atom. The molecule has 98 valence electrons. The zero-order valence-electron chi connectivity index (χ0n) is 10.7. The third-order valence-corrected chi connectivity index (χ3v) is 4.64. The maximum atomic E-state index is 11.7. The molecule has 3 rings (SSSR count). The van der Waals surface area contributed by atoms with E-state index in [2.05, 4.69) is 4.90 Å². The van der Waals surface area contributed by atoms with Crippen molar-refractivity contribution in [2.75, 3.05) is 13.2 Å². The second-order valence-corrected chi connectivity index (χ2v) is 5.77. The van der Waals surface area contributed by atoms with Crippen LogP contribution in [0, 0.1) is 5.41 Å². The molecule has 18 heavy (non-hydrogen) atoms. The fourth-order valence-corrected chi connectivity index (χ4v) is 3.85. The van der Waals surface area contributed by atoms with Crippen LogP contribution in [0.1, 0.15) is 32.6 Å². The lowest BCUT2D eigenvalue weighted by atomic mass is 9.74. The zero-order chi connectivity index (χ0) is 12.8. The van der Waals surface area contributed by atoms with E-state index in [1.165, 1.54) is 19.8 Å². The van der Waals surface area contributed by atoms with Crippen LogP contribution in [0.5, 0.6) is 0 Å². The Kier molecular flexibility index (Phi) is 2.77. The Labute approximate surface area is 107 Å². The van der Waals surface area contributed by atoms with E-state index in [9.17, 15) is 9.59 Å². The fourth-order valence-electron chi connectivity index (χ4n) is 3.85. The van der Waals surface area contributed by atoms with Crippen molar-refractivity contribution in [3.05, 3.63) is 12.2 Å². The van der Waals surface area contributed by atoms with E-state index in [0.29, 0.717) is 19.1 Å². The minimum absolute atomic E-state index is 0.120. The maximum Gasteiger partial charge on any atom is 0.302 e. The molecular weight excluding hydrogens is 230 g/mol. The highest BCUT2D eigenvalue weighted by Gasteiger charge is 2.54. The first-order chi connectivity index (χ1) is 8.61. The molecule has 2 aliphatic heterocycles. The number of ether oxygens (including phenoxy) is 1. The van der Waals surface area contributed by atoms with E-state index >= 15 is 0 Å². The van der Waals surface area contributed by atoms with Crippen LogP contribution in [0.25, 0.3) is 0 Å². The van der Waals surface area contributed by atoms with Gasteiger partial charge in [0.1, 0.15) is 6.61 Å². The Bertz CT molecular complexity index is 417. The first-order valence-corrected chi connectivity index (χ1v) is 6.72. The van der Waals surface area contributed by atoms with Crippen LogP contribution in [0.3, 0.4) is 0 Å². The lowest BCUT2D eigenvalue weighted by Gasteiger charge is -2.37. The summed E-state index contributed by atoms with van der Waals surface area (Å²) in [5.74, 6) is -0.0357. The Morgan fingerprint density at radius 1 is 1.61 bits per heavy atom. The molecule has 3 atom stereocenters. The van der Waals surface area contributed by atoms with Crippen molar-refractivity contribution in [3.63, 3.8) is 0 Å². The Balaban J connectivity index is 1.86. The summed E-state index contributed by atoms with van der Waals surface area (Å²) in [6.07, 6.45) is 7.72. The molecule has 0 amide bonds. The standard InChI is InChI=1S/C14H19NO3/c1-10(16)18-9-14-5-4-12(17)7-13(14)15-6-2-3-11(15)8-14/h4-5,11,13H,2-3,6-9H2,1H3/t11-,13-,14-/m0/s1. The van der Waals surface area contributed by atoms with Crippen LogP contribution in [-0.2, 0) is 14.3 Å². The van der Waals surface area contributed by atoms with Crippen LogP contribution in [-0.4, -0.2) is 41.9 Å². The van der Waals surface area contributed by atoms with Crippen molar-refractivity contribution in [3.8, 4) is 0 Å². The number of nitrogens with zero attached hydrogens (tertiary/aromatic N) is 1. The summed E-state index contributed by atoms with van der Waals surface area (Å²) in [7, 11) is 0. The molecule has 2 fully saturated rings. The summed E-state index contributed by atoms with van der Waals surface area (Å²) in [5.41, 5.74) is -0.120. The first-order valence-electron chi connectivity index (χ1n) is 6.72. The van der Waals surface area contributed by atoms with E-state index in [0.717, 1.165) is 13.0 Å². The van der Waals surface area contributed by atoms with Crippen molar-refractivity contribution >= 4 is 11.8 Å². The molecule has 0 aromatic heterocycles. The van der Waals surface area contributed by atoms with Crippen molar-refractivity contribution in [1.82, 2.24) is 4.90 Å². The minimum Gasteiger partial charge on any atom is -0.465 e. The van der Waals surface area contributed by atoms with Crippen molar-refractivity contribution in [2.24, 2.45) is 5.41 Å². The predicted octanol–water partition coefficient (Wildman–Crippen LogP) is 1.30. The molecular formula is C14H19NO3. The second kappa shape index (κ2) is 4.19. The largest absolute Gasteiger partial charge is 0.465 e. The van der Waals surface area contributed by atoms with Gasteiger partial charge in [-0.1, -0.05) is 6.08 Å². The third kappa shape index (κ3) is 1.79. The minimum atomic E-state index is -0.236. The van der Waals surface area contributed by atoms with Gasteiger partial charge in [-0.3, -0.25) is 14.5 Å². The topological polar surface area (TPSA) is 46.6 Å². The summed E-state index contributed by atoms with van der Waals surface area (Å²) in [5, 5.41) is 0. The van der Waals surface area contributed by atoms with Crippen LogP contribution >= 0.6 is 0 Å².